The monoisotopic (exact) mass is 338 g/mol. The molecule has 0 atom stereocenters. The maximum absolute atomic E-state index is 9.25. The van der Waals surface area contributed by atoms with Gasteiger partial charge >= 0.3 is 0 Å². The summed E-state index contributed by atoms with van der Waals surface area (Å²) in [5, 5.41) is 15.5. The number of rotatable bonds is 5. The van der Waals surface area contributed by atoms with Crippen molar-refractivity contribution in [2.45, 2.75) is 0 Å². The number of aromatic nitrogens is 1. The number of nitrogens with one attached hydrogen (secondary N) is 1. The molecule has 0 aliphatic carbocycles. The van der Waals surface area contributed by atoms with Crippen molar-refractivity contribution in [3.8, 4) is 23.3 Å². The molecule has 6 nitrogen and oxygen atoms in total. The predicted octanol–water partition coefficient (Wildman–Crippen LogP) is 3.84. The molecule has 0 saturated carbocycles. The number of methoxy groups -OCH3 is 1. The highest BCUT2D eigenvalue weighted by Crippen LogP contribution is 2.32. The number of fused-ring (bicyclic) bond motifs is 1. The van der Waals surface area contributed by atoms with Gasteiger partial charge in [0.25, 0.3) is 0 Å². The van der Waals surface area contributed by atoms with E-state index in [9.17, 15) is 5.26 Å². The van der Waals surface area contributed by atoms with E-state index in [1.807, 2.05) is 18.2 Å². The standard InChI is InChI=1S/C17H14N4O2S/c1-22-12-2-4-14-16(9-12)20-7-6-17(14)23-13-3-5-15(21-24-19)11(8-13)10-18/h2-9,21H,19H2,1H3. The van der Waals surface area contributed by atoms with Gasteiger partial charge in [-0.3, -0.25) is 10.1 Å². The van der Waals surface area contributed by atoms with Gasteiger partial charge in [0, 0.05) is 35.8 Å². The van der Waals surface area contributed by atoms with E-state index in [1.54, 1.807) is 37.6 Å². The van der Waals surface area contributed by atoms with Crippen LogP contribution in [0.1, 0.15) is 5.56 Å². The summed E-state index contributed by atoms with van der Waals surface area (Å²) in [6.45, 7) is 0. The quantitative estimate of drug-likeness (QED) is 0.683. The molecule has 3 rings (SSSR count). The fraction of sp³-hybridized carbons (Fsp3) is 0.0588. The Balaban J connectivity index is 1.97. The summed E-state index contributed by atoms with van der Waals surface area (Å²) in [4.78, 5) is 4.33. The van der Waals surface area contributed by atoms with Gasteiger partial charge in [-0.05, 0) is 30.3 Å². The van der Waals surface area contributed by atoms with Crippen molar-refractivity contribution in [1.82, 2.24) is 4.98 Å². The van der Waals surface area contributed by atoms with Gasteiger partial charge in [0.05, 0.1) is 23.9 Å². The van der Waals surface area contributed by atoms with Crippen LogP contribution < -0.4 is 19.3 Å². The first-order valence-corrected chi connectivity index (χ1v) is 7.89. The summed E-state index contributed by atoms with van der Waals surface area (Å²) >= 11 is 0.937. The molecular weight excluding hydrogens is 324 g/mol. The average molecular weight is 338 g/mol. The second kappa shape index (κ2) is 7.08. The molecule has 0 saturated heterocycles. The van der Waals surface area contributed by atoms with Crippen molar-refractivity contribution in [3.63, 3.8) is 0 Å². The second-order valence-electron chi connectivity index (χ2n) is 4.83. The third-order valence-electron chi connectivity index (χ3n) is 3.42. The zero-order chi connectivity index (χ0) is 16.9. The van der Waals surface area contributed by atoms with Gasteiger partial charge in [-0.15, -0.1) is 0 Å². The normalized spacial score (nSPS) is 10.2. The van der Waals surface area contributed by atoms with Gasteiger partial charge in [-0.2, -0.15) is 5.26 Å². The number of nitrogens with two attached hydrogens (primary N) is 1. The van der Waals surface area contributed by atoms with E-state index < -0.39 is 0 Å². The highest BCUT2D eigenvalue weighted by atomic mass is 32.2. The van der Waals surface area contributed by atoms with Crippen LogP contribution in [-0.2, 0) is 0 Å². The molecule has 0 fully saturated rings. The largest absolute Gasteiger partial charge is 0.497 e. The number of benzene rings is 2. The molecule has 0 unspecified atom stereocenters. The van der Waals surface area contributed by atoms with E-state index in [0.29, 0.717) is 22.7 Å². The lowest BCUT2D eigenvalue weighted by Gasteiger charge is -2.11. The Hall–Kier alpha value is -2.95. The Kier molecular flexibility index (Phi) is 4.70. The molecule has 0 spiro atoms. The molecule has 24 heavy (non-hydrogen) atoms. The van der Waals surface area contributed by atoms with E-state index in [-0.39, 0.29) is 0 Å². The Bertz CT molecular complexity index is 924. The van der Waals surface area contributed by atoms with Crippen LogP contribution in [0.2, 0.25) is 0 Å². The predicted molar refractivity (Wildman–Crippen MR) is 94.9 cm³/mol. The Labute approximate surface area is 143 Å². The maximum atomic E-state index is 9.25. The topological polar surface area (TPSA) is 93.2 Å². The maximum Gasteiger partial charge on any atom is 0.138 e. The second-order valence-corrected chi connectivity index (χ2v) is 5.27. The van der Waals surface area contributed by atoms with Crippen LogP contribution >= 0.6 is 12.1 Å². The van der Waals surface area contributed by atoms with Crippen molar-refractivity contribution in [2.75, 3.05) is 11.8 Å². The Morgan fingerprint density at radius 2 is 2.00 bits per heavy atom. The lowest BCUT2D eigenvalue weighted by atomic mass is 10.2. The van der Waals surface area contributed by atoms with Gasteiger partial charge in [-0.25, -0.2) is 0 Å². The third kappa shape index (κ3) is 3.20. The molecule has 120 valence electrons. The Morgan fingerprint density at radius 1 is 1.17 bits per heavy atom. The first-order chi connectivity index (χ1) is 11.7. The molecule has 0 aliphatic heterocycles. The molecule has 0 radical (unpaired) electrons. The van der Waals surface area contributed by atoms with E-state index in [4.69, 9.17) is 14.6 Å². The smallest absolute Gasteiger partial charge is 0.138 e. The fourth-order valence-corrected chi connectivity index (χ4v) is 2.58. The van der Waals surface area contributed by atoms with Crippen molar-refractivity contribution >= 4 is 28.7 Å². The number of pyridine rings is 1. The summed E-state index contributed by atoms with van der Waals surface area (Å²) in [7, 11) is 1.61. The third-order valence-corrected chi connectivity index (χ3v) is 3.76. The van der Waals surface area contributed by atoms with Crippen LogP contribution in [0.3, 0.4) is 0 Å². The van der Waals surface area contributed by atoms with E-state index in [0.717, 1.165) is 28.8 Å². The van der Waals surface area contributed by atoms with E-state index in [1.165, 1.54) is 0 Å². The lowest BCUT2D eigenvalue weighted by molar-refractivity contribution is 0.415. The van der Waals surface area contributed by atoms with Crippen LogP contribution in [0.25, 0.3) is 10.9 Å². The fourth-order valence-electron chi connectivity index (χ4n) is 2.28. The molecule has 0 aliphatic rings. The van der Waals surface area contributed by atoms with Gasteiger partial charge in [0.1, 0.15) is 23.3 Å². The summed E-state index contributed by atoms with van der Waals surface area (Å²) in [6, 6.07) is 14.7. The van der Waals surface area contributed by atoms with Crippen LogP contribution in [0, 0.1) is 11.3 Å². The molecule has 1 heterocycles. The highest BCUT2D eigenvalue weighted by Gasteiger charge is 2.08. The first kappa shape index (κ1) is 15.9. The first-order valence-electron chi connectivity index (χ1n) is 7.01. The molecule has 0 bridgehead atoms. The van der Waals surface area contributed by atoms with Crippen molar-refractivity contribution < 1.29 is 9.47 Å². The number of nitriles is 1. The summed E-state index contributed by atoms with van der Waals surface area (Å²) in [5.74, 6) is 1.94. The van der Waals surface area contributed by atoms with Crippen molar-refractivity contribution in [3.05, 3.63) is 54.2 Å². The zero-order valence-electron chi connectivity index (χ0n) is 12.8. The van der Waals surface area contributed by atoms with Gasteiger partial charge in [0.15, 0.2) is 0 Å². The number of hydrogen-bond donors (Lipinski definition) is 2. The van der Waals surface area contributed by atoms with E-state index >= 15 is 0 Å². The molecule has 0 amide bonds. The van der Waals surface area contributed by atoms with Gasteiger partial charge in [-0.1, -0.05) is 0 Å². The van der Waals surface area contributed by atoms with Crippen LogP contribution in [0.4, 0.5) is 5.69 Å². The molecule has 2 aromatic carbocycles. The minimum Gasteiger partial charge on any atom is -0.497 e. The SMILES string of the molecule is COc1ccc2c(Oc3ccc(NSN)c(C#N)c3)ccnc2c1. The molecule has 3 N–H and O–H groups in total. The van der Waals surface area contributed by atoms with Gasteiger partial charge in [0.2, 0.25) is 0 Å². The van der Waals surface area contributed by atoms with Gasteiger partial charge < -0.3 is 14.2 Å². The molecular formula is C17H14N4O2S. The van der Waals surface area contributed by atoms with Crippen molar-refractivity contribution in [2.24, 2.45) is 5.14 Å². The number of anilines is 1. The Morgan fingerprint density at radius 3 is 2.75 bits per heavy atom. The average Bonchev–Trinajstić information content (AvgIpc) is 2.63. The lowest BCUT2D eigenvalue weighted by Crippen LogP contribution is -1.95. The minimum atomic E-state index is 0.450. The number of hydrogen-bond acceptors (Lipinski definition) is 7. The van der Waals surface area contributed by atoms with Crippen LogP contribution in [-0.4, -0.2) is 12.1 Å². The van der Waals surface area contributed by atoms with E-state index in [2.05, 4.69) is 15.8 Å². The molecule has 7 heteroatoms. The highest BCUT2D eigenvalue weighted by molar-refractivity contribution is 7.98. The summed E-state index contributed by atoms with van der Waals surface area (Å²) in [6.07, 6.45) is 1.67. The van der Waals surface area contributed by atoms with Crippen molar-refractivity contribution in [1.29, 1.82) is 5.26 Å². The van der Waals surface area contributed by atoms with Crippen LogP contribution in [0.15, 0.2) is 48.7 Å². The summed E-state index contributed by atoms with van der Waals surface area (Å²) in [5.41, 5.74) is 1.86. The number of ether oxygens (including phenoxy) is 2. The zero-order valence-corrected chi connectivity index (χ0v) is 13.6. The van der Waals surface area contributed by atoms with Crippen LogP contribution in [0.5, 0.6) is 17.2 Å². The molecule has 1 aromatic heterocycles. The molecule has 3 aromatic rings. The summed E-state index contributed by atoms with van der Waals surface area (Å²) < 4.78 is 14.0. The number of nitrogens with zero attached hydrogens (tertiary/aromatic N) is 2. The minimum absolute atomic E-state index is 0.450.